The van der Waals surface area contributed by atoms with E-state index in [0.717, 1.165) is 50.6 Å². The summed E-state index contributed by atoms with van der Waals surface area (Å²) in [6.45, 7) is 4.24. The molecule has 3 rings (SSSR count). The zero-order valence-corrected chi connectivity index (χ0v) is 15.4. The van der Waals surface area contributed by atoms with Gasteiger partial charge in [0.25, 0.3) is 5.69 Å². The van der Waals surface area contributed by atoms with Gasteiger partial charge in [0.15, 0.2) is 0 Å². The summed E-state index contributed by atoms with van der Waals surface area (Å²) in [4.78, 5) is 12.8. The van der Waals surface area contributed by atoms with Crippen molar-refractivity contribution in [1.29, 1.82) is 0 Å². The maximum absolute atomic E-state index is 10.8. The zero-order valence-electron chi connectivity index (χ0n) is 15.4. The Morgan fingerprint density at radius 3 is 2.56 bits per heavy atom. The van der Waals surface area contributed by atoms with E-state index in [9.17, 15) is 10.1 Å². The van der Waals surface area contributed by atoms with E-state index >= 15 is 0 Å². The third-order valence-corrected chi connectivity index (χ3v) is 4.60. The number of nitrogens with zero attached hydrogens (tertiary/aromatic N) is 2. The first-order chi connectivity index (χ1) is 13.2. The van der Waals surface area contributed by atoms with Crippen molar-refractivity contribution in [2.75, 3.05) is 40.0 Å². The number of ether oxygens (including phenoxy) is 3. The average Bonchev–Trinajstić information content (AvgIpc) is 2.72. The zero-order chi connectivity index (χ0) is 19.1. The predicted octanol–water partition coefficient (Wildman–Crippen LogP) is 3.45. The van der Waals surface area contributed by atoms with E-state index < -0.39 is 4.92 Å². The SMILES string of the molecule is COc1cccc(C(CCN2CCOCC2)Oc2ccc([N+](=O)[O-])cc2)c1. The van der Waals surface area contributed by atoms with Gasteiger partial charge >= 0.3 is 0 Å². The number of nitro groups is 1. The molecule has 0 radical (unpaired) electrons. The minimum Gasteiger partial charge on any atom is -0.497 e. The van der Waals surface area contributed by atoms with Gasteiger partial charge in [-0.15, -0.1) is 0 Å². The molecule has 1 saturated heterocycles. The van der Waals surface area contributed by atoms with Crippen LogP contribution in [0.1, 0.15) is 18.1 Å². The molecule has 2 aromatic rings. The van der Waals surface area contributed by atoms with Crippen molar-refractivity contribution in [1.82, 2.24) is 4.90 Å². The Morgan fingerprint density at radius 2 is 1.89 bits per heavy atom. The van der Waals surface area contributed by atoms with Crippen molar-refractivity contribution in [3.05, 3.63) is 64.2 Å². The number of hydrogen-bond acceptors (Lipinski definition) is 6. The molecule has 0 aromatic heterocycles. The van der Waals surface area contributed by atoms with Crippen LogP contribution < -0.4 is 9.47 Å². The molecule has 0 saturated carbocycles. The molecule has 2 aromatic carbocycles. The molecule has 144 valence electrons. The Kier molecular flexibility index (Phi) is 6.62. The molecule has 1 aliphatic rings. The van der Waals surface area contributed by atoms with Crippen LogP contribution in [0, 0.1) is 10.1 Å². The number of nitro benzene ring substituents is 1. The van der Waals surface area contributed by atoms with E-state index in [2.05, 4.69) is 4.90 Å². The molecule has 1 fully saturated rings. The number of hydrogen-bond donors (Lipinski definition) is 0. The van der Waals surface area contributed by atoms with Crippen molar-refractivity contribution < 1.29 is 19.1 Å². The van der Waals surface area contributed by atoms with Crippen molar-refractivity contribution in [3.8, 4) is 11.5 Å². The highest BCUT2D eigenvalue weighted by molar-refractivity contribution is 5.37. The molecule has 1 heterocycles. The quantitative estimate of drug-likeness (QED) is 0.522. The number of benzene rings is 2. The minimum absolute atomic E-state index is 0.0496. The average molecular weight is 372 g/mol. The van der Waals surface area contributed by atoms with E-state index in [0.29, 0.717) is 5.75 Å². The lowest BCUT2D eigenvalue weighted by molar-refractivity contribution is -0.384. The molecule has 0 amide bonds. The summed E-state index contributed by atoms with van der Waals surface area (Å²) in [5.74, 6) is 1.38. The van der Waals surface area contributed by atoms with Crippen LogP contribution in [0.3, 0.4) is 0 Å². The van der Waals surface area contributed by atoms with Crippen molar-refractivity contribution >= 4 is 5.69 Å². The lowest BCUT2D eigenvalue weighted by Gasteiger charge is -2.28. The van der Waals surface area contributed by atoms with Gasteiger partial charge < -0.3 is 14.2 Å². The highest BCUT2D eigenvalue weighted by Crippen LogP contribution is 2.28. The van der Waals surface area contributed by atoms with Crippen LogP contribution in [-0.4, -0.2) is 49.8 Å². The van der Waals surface area contributed by atoms with Crippen molar-refractivity contribution in [2.24, 2.45) is 0 Å². The van der Waals surface area contributed by atoms with E-state index in [4.69, 9.17) is 14.2 Å². The topological polar surface area (TPSA) is 74.1 Å². The molecule has 1 aliphatic heterocycles. The van der Waals surface area contributed by atoms with Gasteiger partial charge in [-0.2, -0.15) is 0 Å². The van der Waals surface area contributed by atoms with Crippen LogP contribution in [-0.2, 0) is 4.74 Å². The summed E-state index contributed by atoms with van der Waals surface area (Å²) in [7, 11) is 1.64. The summed E-state index contributed by atoms with van der Waals surface area (Å²) in [6.07, 6.45) is 0.619. The molecule has 0 aliphatic carbocycles. The highest BCUT2D eigenvalue weighted by Gasteiger charge is 2.18. The standard InChI is InChI=1S/C20H24N2O5/c1-25-19-4-2-3-16(15-19)20(9-10-21-11-13-26-14-12-21)27-18-7-5-17(6-8-18)22(23)24/h2-8,15,20H,9-14H2,1H3. The van der Waals surface area contributed by atoms with Crippen LogP contribution >= 0.6 is 0 Å². The molecule has 1 atom stereocenters. The van der Waals surface area contributed by atoms with Crippen LogP contribution in [0.15, 0.2) is 48.5 Å². The molecular formula is C20H24N2O5. The lowest BCUT2D eigenvalue weighted by atomic mass is 10.1. The Morgan fingerprint density at radius 1 is 1.15 bits per heavy atom. The second kappa shape index (κ2) is 9.34. The summed E-state index contributed by atoms with van der Waals surface area (Å²) in [5, 5.41) is 10.8. The molecule has 27 heavy (non-hydrogen) atoms. The Hall–Kier alpha value is -2.64. The van der Waals surface area contributed by atoms with E-state index in [1.165, 1.54) is 12.1 Å². The second-order valence-electron chi connectivity index (χ2n) is 6.38. The van der Waals surface area contributed by atoms with Gasteiger partial charge in [0.1, 0.15) is 17.6 Å². The second-order valence-corrected chi connectivity index (χ2v) is 6.38. The van der Waals surface area contributed by atoms with Gasteiger partial charge in [-0.1, -0.05) is 12.1 Å². The molecule has 0 spiro atoms. The third kappa shape index (κ3) is 5.42. The fraction of sp³-hybridized carbons (Fsp3) is 0.400. The normalized spacial score (nSPS) is 15.9. The first-order valence-corrected chi connectivity index (χ1v) is 9.01. The van der Waals surface area contributed by atoms with Gasteiger partial charge in [0.2, 0.25) is 0 Å². The van der Waals surface area contributed by atoms with Gasteiger partial charge in [0, 0.05) is 38.2 Å². The van der Waals surface area contributed by atoms with Crippen LogP contribution in [0.5, 0.6) is 11.5 Å². The van der Waals surface area contributed by atoms with Crippen molar-refractivity contribution in [3.63, 3.8) is 0 Å². The maximum Gasteiger partial charge on any atom is 0.269 e. The largest absolute Gasteiger partial charge is 0.497 e. The summed E-state index contributed by atoms with van der Waals surface area (Å²) in [6, 6.07) is 14.0. The third-order valence-electron chi connectivity index (χ3n) is 4.60. The van der Waals surface area contributed by atoms with Crippen LogP contribution in [0.2, 0.25) is 0 Å². The molecule has 0 bridgehead atoms. The van der Waals surface area contributed by atoms with Crippen LogP contribution in [0.4, 0.5) is 5.69 Å². The summed E-state index contributed by atoms with van der Waals surface area (Å²) in [5.41, 5.74) is 1.06. The smallest absolute Gasteiger partial charge is 0.269 e. The molecule has 0 N–H and O–H groups in total. The first-order valence-electron chi connectivity index (χ1n) is 9.01. The molecular weight excluding hydrogens is 348 g/mol. The number of morpholine rings is 1. The van der Waals surface area contributed by atoms with Gasteiger partial charge in [-0.3, -0.25) is 15.0 Å². The Labute approximate surface area is 158 Å². The molecule has 7 nitrogen and oxygen atoms in total. The molecule has 7 heteroatoms. The Bertz CT molecular complexity index is 744. The Balaban J connectivity index is 1.74. The maximum atomic E-state index is 10.8. The highest BCUT2D eigenvalue weighted by atomic mass is 16.6. The van der Waals surface area contributed by atoms with Gasteiger partial charge in [-0.05, 0) is 29.8 Å². The monoisotopic (exact) mass is 372 g/mol. The molecule has 1 unspecified atom stereocenters. The summed E-state index contributed by atoms with van der Waals surface area (Å²) < 4.78 is 16.9. The predicted molar refractivity (Wildman–Crippen MR) is 101 cm³/mol. The van der Waals surface area contributed by atoms with E-state index in [1.54, 1.807) is 19.2 Å². The van der Waals surface area contributed by atoms with Gasteiger partial charge in [-0.25, -0.2) is 0 Å². The minimum atomic E-state index is -0.415. The fourth-order valence-electron chi connectivity index (χ4n) is 3.07. The van der Waals surface area contributed by atoms with Gasteiger partial charge in [0.05, 0.1) is 25.2 Å². The fourth-order valence-corrected chi connectivity index (χ4v) is 3.07. The summed E-state index contributed by atoms with van der Waals surface area (Å²) >= 11 is 0. The number of rotatable bonds is 8. The number of methoxy groups -OCH3 is 1. The number of non-ortho nitro benzene ring substituents is 1. The lowest BCUT2D eigenvalue weighted by Crippen LogP contribution is -2.37. The van der Waals surface area contributed by atoms with E-state index in [1.807, 2.05) is 24.3 Å². The van der Waals surface area contributed by atoms with Crippen LogP contribution in [0.25, 0.3) is 0 Å². The van der Waals surface area contributed by atoms with E-state index in [-0.39, 0.29) is 11.8 Å². The first kappa shape index (κ1) is 19.1. The van der Waals surface area contributed by atoms with Crippen molar-refractivity contribution in [2.45, 2.75) is 12.5 Å².